The third-order valence-corrected chi connectivity index (χ3v) is 5.19. The molecule has 3 aromatic rings. The topological polar surface area (TPSA) is 106 Å². The van der Waals surface area contributed by atoms with E-state index in [1.165, 1.54) is 24.4 Å². The molecule has 13 heteroatoms. The lowest BCUT2D eigenvalue weighted by molar-refractivity contribution is -0.138. The number of nitrogens with one attached hydrogen (secondary N) is 2. The van der Waals surface area contributed by atoms with E-state index in [1.807, 2.05) is 4.72 Å². The first-order valence-electron chi connectivity index (χ1n) is 7.51. The second kappa shape index (κ2) is 7.81. The summed E-state index contributed by atoms with van der Waals surface area (Å²) in [6.07, 6.45) is 1.22. The van der Waals surface area contributed by atoms with Crippen LogP contribution >= 0.6 is 11.6 Å². The lowest BCUT2D eigenvalue weighted by Gasteiger charge is -2.11. The Hall–Kier alpha value is -2.57. The van der Waals surface area contributed by atoms with Gasteiger partial charge in [0.05, 0.1) is 19.3 Å². The molecule has 8 nitrogen and oxygen atoms in total. The molecular weight excluding hydrogens is 425 g/mol. The third kappa shape index (κ3) is 4.13. The fourth-order valence-corrected chi connectivity index (χ4v) is 3.68. The van der Waals surface area contributed by atoms with Crippen LogP contribution in [0.25, 0.3) is 10.9 Å². The number of H-pyrrole nitrogens is 1. The highest BCUT2D eigenvalue weighted by atomic mass is 35.5. The Morgan fingerprint density at radius 1 is 1.32 bits per heavy atom. The van der Waals surface area contributed by atoms with Crippen molar-refractivity contribution in [3.63, 3.8) is 0 Å². The fraction of sp³-hybridized carbons (Fsp3) is 0.200. The zero-order valence-corrected chi connectivity index (χ0v) is 15.6. The van der Waals surface area contributed by atoms with E-state index in [2.05, 4.69) is 19.7 Å². The molecule has 0 aliphatic heterocycles. The van der Waals surface area contributed by atoms with Gasteiger partial charge in [-0.2, -0.15) is 23.1 Å². The SMILES string of the molecule is COc1nc(NS(=O)(=O)c2c[nH]c3cc(Cl)ccc23)nc(F)c1COC(F)F. The summed E-state index contributed by atoms with van der Waals surface area (Å²) >= 11 is 5.86. The van der Waals surface area contributed by atoms with Crippen LogP contribution in [0.15, 0.2) is 29.3 Å². The molecule has 150 valence electrons. The fourth-order valence-electron chi connectivity index (χ4n) is 2.39. The van der Waals surface area contributed by atoms with Crippen molar-refractivity contribution in [3.05, 3.63) is 40.9 Å². The molecule has 0 spiro atoms. The van der Waals surface area contributed by atoms with E-state index >= 15 is 0 Å². The zero-order chi connectivity index (χ0) is 20.5. The predicted molar refractivity (Wildman–Crippen MR) is 93.5 cm³/mol. The number of aromatic nitrogens is 3. The molecule has 0 amide bonds. The van der Waals surface area contributed by atoms with E-state index in [4.69, 9.17) is 16.3 Å². The van der Waals surface area contributed by atoms with Gasteiger partial charge in [-0.25, -0.2) is 13.1 Å². The van der Waals surface area contributed by atoms with Crippen molar-refractivity contribution in [2.75, 3.05) is 11.8 Å². The molecule has 2 aromatic heterocycles. The Kier molecular flexibility index (Phi) is 5.63. The van der Waals surface area contributed by atoms with Crippen LogP contribution in [0.5, 0.6) is 5.88 Å². The largest absolute Gasteiger partial charge is 0.481 e. The molecule has 2 heterocycles. The summed E-state index contributed by atoms with van der Waals surface area (Å²) in [5.41, 5.74) is -0.00969. The van der Waals surface area contributed by atoms with Gasteiger partial charge in [0.2, 0.25) is 17.8 Å². The van der Waals surface area contributed by atoms with Crippen LogP contribution in [0.2, 0.25) is 5.02 Å². The first kappa shape index (κ1) is 20.2. The zero-order valence-electron chi connectivity index (χ0n) is 14.0. The summed E-state index contributed by atoms with van der Waals surface area (Å²) < 4.78 is 74.6. The number of hydrogen-bond acceptors (Lipinski definition) is 6. The maximum atomic E-state index is 14.2. The number of rotatable bonds is 7. The van der Waals surface area contributed by atoms with Crippen molar-refractivity contribution < 1.29 is 31.1 Å². The van der Waals surface area contributed by atoms with Crippen LogP contribution in [0.4, 0.5) is 19.1 Å². The first-order valence-corrected chi connectivity index (χ1v) is 9.37. The number of aromatic amines is 1. The number of halogens is 4. The Morgan fingerprint density at radius 3 is 2.75 bits per heavy atom. The van der Waals surface area contributed by atoms with E-state index in [-0.39, 0.29) is 4.90 Å². The average Bonchev–Trinajstić information content (AvgIpc) is 3.03. The number of methoxy groups -OCH3 is 1. The molecule has 2 N–H and O–H groups in total. The monoisotopic (exact) mass is 436 g/mol. The van der Waals surface area contributed by atoms with Crippen LogP contribution in [-0.2, 0) is 21.4 Å². The molecule has 0 atom stereocenters. The molecule has 1 aromatic carbocycles. The Balaban J connectivity index is 1.94. The van der Waals surface area contributed by atoms with Gasteiger partial charge in [0.1, 0.15) is 4.90 Å². The van der Waals surface area contributed by atoms with Crippen molar-refractivity contribution in [2.24, 2.45) is 0 Å². The van der Waals surface area contributed by atoms with Gasteiger partial charge in [0, 0.05) is 22.1 Å². The highest BCUT2D eigenvalue weighted by Crippen LogP contribution is 2.27. The summed E-state index contributed by atoms with van der Waals surface area (Å²) in [5, 5.41) is 0.745. The van der Waals surface area contributed by atoms with Gasteiger partial charge in [0.15, 0.2) is 0 Å². The number of benzene rings is 1. The number of anilines is 1. The van der Waals surface area contributed by atoms with Gasteiger partial charge < -0.3 is 14.5 Å². The minimum Gasteiger partial charge on any atom is -0.481 e. The van der Waals surface area contributed by atoms with E-state index in [9.17, 15) is 21.6 Å². The van der Waals surface area contributed by atoms with E-state index in [0.717, 1.165) is 7.11 Å². The van der Waals surface area contributed by atoms with Crippen LogP contribution in [0, 0.1) is 5.95 Å². The predicted octanol–water partition coefficient (Wildman–Crippen LogP) is 3.30. The maximum Gasteiger partial charge on any atom is 0.345 e. The van der Waals surface area contributed by atoms with Gasteiger partial charge >= 0.3 is 6.61 Å². The highest BCUT2D eigenvalue weighted by Gasteiger charge is 2.23. The molecule has 28 heavy (non-hydrogen) atoms. The number of fused-ring (bicyclic) bond motifs is 1. The molecule has 0 saturated heterocycles. The highest BCUT2D eigenvalue weighted by molar-refractivity contribution is 7.93. The summed E-state index contributed by atoms with van der Waals surface area (Å²) in [6.45, 7) is -4.00. The first-order chi connectivity index (χ1) is 13.2. The lowest BCUT2D eigenvalue weighted by atomic mass is 10.2. The van der Waals surface area contributed by atoms with Crippen LogP contribution in [0.1, 0.15) is 5.56 Å². The van der Waals surface area contributed by atoms with Crippen molar-refractivity contribution in [1.82, 2.24) is 15.0 Å². The lowest BCUT2D eigenvalue weighted by Crippen LogP contribution is -2.17. The van der Waals surface area contributed by atoms with Crippen molar-refractivity contribution in [1.29, 1.82) is 0 Å². The van der Waals surface area contributed by atoms with Crippen LogP contribution in [-0.4, -0.2) is 37.1 Å². The van der Waals surface area contributed by atoms with Crippen molar-refractivity contribution in [3.8, 4) is 5.88 Å². The third-order valence-electron chi connectivity index (χ3n) is 3.59. The Labute approximate surface area is 161 Å². The van der Waals surface area contributed by atoms with Gasteiger partial charge in [-0.3, -0.25) is 0 Å². The smallest absolute Gasteiger partial charge is 0.345 e. The van der Waals surface area contributed by atoms with Crippen LogP contribution < -0.4 is 9.46 Å². The van der Waals surface area contributed by atoms with Crippen LogP contribution in [0.3, 0.4) is 0 Å². The standard InChI is InChI=1S/C15H12ClF3N4O4S/c1-26-13-9(6-27-14(18)19)12(17)21-15(22-13)23-28(24,25)11-5-20-10-4-7(16)2-3-8(10)11/h2-5,14,20H,6H2,1H3,(H,21,22,23). The minimum absolute atomic E-state index is 0.146. The Morgan fingerprint density at radius 2 is 2.07 bits per heavy atom. The molecule has 0 bridgehead atoms. The molecule has 0 aliphatic rings. The molecule has 0 radical (unpaired) electrons. The minimum atomic E-state index is -4.21. The average molecular weight is 437 g/mol. The summed E-state index contributed by atoms with van der Waals surface area (Å²) in [7, 11) is -3.11. The summed E-state index contributed by atoms with van der Waals surface area (Å²) in [4.78, 5) is 9.66. The summed E-state index contributed by atoms with van der Waals surface area (Å²) in [5.74, 6) is -2.36. The second-order valence-electron chi connectivity index (χ2n) is 5.35. The van der Waals surface area contributed by atoms with E-state index in [0.29, 0.717) is 15.9 Å². The molecule has 3 rings (SSSR count). The van der Waals surface area contributed by atoms with Gasteiger partial charge in [-0.05, 0) is 18.2 Å². The summed E-state index contributed by atoms with van der Waals surface area (Å²) in [6, 6.07) is 4.54. The molecule has 0 aliphatic carbocycles. The quantitative estimate of drug-likeness (QED) is 0.550. The molecule has 0 saturated carbocycles. The number of hydrogen-bond donors (Lipinski definition) is 2. The van der Waals surface area contributed by atoms with Crippen molar-refractivity contribution >= 4 is 38.5 Å². The van der Waals surface area contributed by atoms with E-state index < -0.39 is 46.6 Å². The number of nitrogens with zero attached hydrogens (tertiary/aromatic N) is 2. The molecule has 0 fully saturated rings. The Bertz CT molecular complexity index is 1120. The van der Waals surface area contributed by atoms with Gasteiger partial charge in [-0.15, -0.1) is 0 Å². The van der Waals surface area contributed by atoms with Gasteiger partial charge in [-0.1, -0.05) is 11.6 Å². The van der Waals surface area contributed by atoms with Crippen molar-refractivity contribution in [2.45, 2.75) is 18.1 Å². The normalized spacial score (nSPS) is 11.9. The van der Waals surface area contributed by atoms with Gasteiger partial charge in [0.25, 0.3) is 10.0 Å². The number of alkyl halides is 2. The second-order valence-corrected chi connectivity index (χ2v) is 7.43. The molecule has 0 unspecified atom stereocenters. The number of ether oxygens (including phenoxy) is 2. The number of sulfonamides is 1. The maximum absolute atomic E-state index is 14.2. The molecular formula is C15H12ClF3N4O4S. The van der Waals surface area contributed by atoms with E-state index in [1.54, 1.807) is 0 Å².